The Balaban J connectivity index is 2.20. The molecule has 0 aliphatic carbocycles. The van der Waals surface area contributed by atoms with Gasteiger partial charge in [0.2, 0.25) is 0 Å². The van der Waals surface area contributed by atoms with Crippen molar-refractivity contribution in [1.82, 2.24) is 0 Å². The summed E-state index contributed by atoms with van der Waals surface area (Å²) < 4.78 is 22.8. The Morgan fingerprint density at radius 1 is 1.41 bits per heavy atom. The van der Waals surface area contributed by atoms with E-state index in [0.717, 1.165) is 10.5 Å². The largest absolute Gasteiger partial charge is 0.398 e. The highest BCUT2D eigenvalue weighted by atomic mass is 32.2. The van der Waals surface area contributed by atoms with Crippen molar-refractivity contribution in [2.75, 3.05) is 17.2 Å². The number of hydrogen-bond acceptors (Lipinski definition) is 5. The van der Waals surface area contributed by atoms with Crippen LogP contribution < -0.4 is 5.73 Å². The number of aliphatic hydroxyl groups is 1. The van der Waals surface area contributed by atoms with Gasteiger partial charge in [-0.05, 0) is 24.6 Å². The molecule has 1 aliphatic rings. The molecule has 1 aromatic carbocycles. The van der Waals surface area contributed by atoms with Gasteiger partial charge in [-0.3, -0.25) is 0 Å². The molecule has 0 aromatic heterocycles. The van der Waals surface area contributed by atoms with Gasteiger partial charge in [-0.1, -0.05) is 6.07 Å². The first-order chi connectivity index (χ1) is 7.89. The summed E-state index contributed by atoms with van der Waals surface area (Å²) in [5.74, 6) is -0.0981. The lowest BCUT2D eigenvalue weighted by atomic mass is 10.2. The van der Waals surface area contributed by atoms with Crippen molar-refractivity contribution in [3.05, 3.63) is 23.8 Å². The third-order valence-corrected chi connectivity index (χ3v) is 6.28. The first-order valence-corrected chi connectivity index (χ1v) is 7.99. The molecule has 3 N–H and O–H groups in total. The van der Waals surface area contributed by atoms with E-state index < -0.39 is 15.9 Å². The van der Waals surface area contributed by atoms with Gasteiger partial charge in [0.05, 0.1) is 22.9 Å². The Kier molecular flexibility index (Phi) is 3.38. The monoisotopic (exact) mass is 273 g/mol. The highest BCUT2D eigenvalue weighted by molar-refractivity contribution is 8.02. The second-order valence-electron chi connectivity index (χ2n) is 4.27. The Hall–Kier alpha value is -0.720. The van der Waals surface area contributed by atoms with Crippen LogP contribution in [0.5, 0.6) is 0 Å². The summed E-state index contributed by atoms with van der Waals surface area (Å²) in [7, 11) is -3.09. The zero-order valence-corrected chi connectivity index (χ0v) is 11.1. The van der Waals surface area contributed by atoms with E-state index in [1.807, 2.05) is 19.1 Å². The summed E-state index contributed by atoms with van der Waals surface area (Å²) in [6.45, 7) is 1.90. The van der Waals surface area contributed by atoms with Crippen LogP contribution in [0.15, 0.2) is 23.1 Å². The maximum Gasteiger partial charge on any atom is 0.154 e. The van der Waals surface area contributed by atoms with E-state index in [0.29, 0.717) is 5.69 Å². The van der Waals surface area contributed by atoms with Gasteiger partial charge in [-0.2, -0.15) is 0 Å². The van der Waals surface area contributed by atoms with Gasteiger partial charge in [-0.25, -0.2) is 8.42 Å². The predicted octanol–water partition coefficient (Wildman–Crippen LogP) is 0.827. The molecular weight excluding hydrogens is 258 g/mol. The van der Waals surface area contributed by atoms with E-state index in [9.17, 15) is 13.5 Å². The van der Waals surface area contributed by atoms with Crippen LogP contribution >= 0.6 is 11.8 Å². The number of nitrogen functional groups attached to an aromatic ring is 1. The number of aliphatic hydroxyl groups excluding tert-OH is 1. The minimum absolute atomic E-state index is 0.0348. The highest BCUT2D eigenvalue weighted by Crippen LogP contribution is 2.34. The van der Waals surface area contributed by atoms with Gasteiger partial charge >= 0.3 is 0 Å². The lowest BCUT2D eigenvalue weighted by Crippen LogP contribution is -2.20. The number of anilines is 1. The Labute approximate surface area is 105 Å². The summed E-state index contributed by atoms with van der Waals surface area (Å²) in [6, 6.07) is 5.54. The molecule has 6 heteroatoms. The fraction of sp³-hybridized carbons (Fsp3) is 0.455. The van der Waals surface area contributed by atoms with Crippen molar-refractivity contribution in [2.24, 2.45) is 0 Å². The van der Waals surface area contributed by atoms with Crippen LogP contribution in [-0.4, -0.2) is 36.4 Å². The van der Waals surface area contributed by atoms with Crippen molar-refractivity contribution in [3.8, 4) is 0 Å². The number of benzene rings is 1. The number of thioether (sulfide) groups is 1. The van der Waals surface area contributed by atoms with Gasteiger partial charge in [-0.15, -0.1) is 11.8 Å². The van der Waals surface area contributed by atoms with Crippen molar-refractivity contribution >= 4 is 27.3 Å². The van der Waals surface area contributed by atoms with Crippen molar-refractivity contribution in [2.45, 2.75) is 23.2 Å². The van der Waals surface area contributed by atoms with Crippen LogP contribution in [-0.2, 0) is 9.84 Å². The summed E-state index contributed by atoms with van der Waals surface area (Å²) in [4.78, 5) is 0.936. The molecular formula is C11H15NO3S2. The molecule has 1 heterocycles. The molecule has 17 heavy (non-hydrogen) atoms. The van der Waals surface area contributed by atoms with Crippen LogP contribution in [0, 0.1) is 6.92 Å². The molecule has 2 atom stereocenters. The molecule has 0 radical (unpaired) electrons. The molecule has 1 aromatic rings. The number of hydrogen-bond donors (Lipinski definition) is 2. The van der Waals surface area contributed by atoms with E-state index in [4.69, 9.17) is 5.73 Å². The molecule has 2 rings (SSSR count). The second kappa shape index (κ2) is 4.51. The van der Waals surface area contributed by atoms with E-state index in [2.05, 4.69) is 0 Å². The molecule has 2 unspecified atom stereocenters. The average Bonchev–Trinajstić information content (AvgIpc) is 2.47. The molecule has 1 saturated heterocycles. The fourth-order valence-corrected chi connectivity index (χ4v) is 5.49. The highest BCUT2D eigenvalue weighted by Gasteiger charge is 2.37. The Morgan fingerprint density at radius 2 is 2.12 bits per heavy atom. The lowest BCUT2D eigenvalue weighted by molar-refractivity contribution is 0.207. The van der Waals surface area contributed by atoms with Crippen LogP contribution in [0.3, 0.4) is 0 Å². The number of nitrogens with two attached hydrogens (primary N) is 1. The summed E-state index contributed by atoms with van der Waals surface area (Å²) in [5.41, 5.74) is 7.41. The smallest absolute Gasteiger partial charge is 0.154 e. The van der Waals surface area contributed by atoms with E-state index in [1.54, 1.807) is 6.07 Å². The van der Waals surface area contributed by atoms with Gasteiger partial charge < -0.3 is 10.8 Å². The maximum absolute atomic E-state index is 11.4. The minimum Gasteiger partial charge on any atom is -0.398 e. The quantitative estimate of drug-likeness (QED) is 0.780. The van der Waals surface area contributed by atoms with E-state index in [1.165, 1.54) is 11.8 Å². The normalized spacial score (nSPS) is 27.2. The molecule has 1 fully saturated rings. The van der Waals surface area contributed by atoms with Crippen molar-refractivity contribution in [3.63, 3.8) is 0 Å². The zero-order valence-electron chi connectivity index (χ0n) is 9.46. The SMILES string of the molecule is Cc1c(N)cccc1SC1CS(=O)(=O)CC1O. The predicted molar refractivity (Wildman–Crippen MR) is 69.9 cm³/mol. The van der Waals surface area contributed by atoms with Crippen molar-refractivity contribution < 1.29 is 13.5 Å². The van der Waals surface area contributed by atoms with Gasteiger partial charge in [0.15, 0.2) is 9.84 Å². The molecule has 0 saturated carbocycles. The lowest BCUT2D eigenvalue weighted by Gasteiger charge is -2.14. The van der Waals surface area contributed by atoms with E-state index >= 15 is 0 Å². The number of rotatable bonds is 2. The van der Waals surface area contributed by atoms with E-state index in [-0.39, 0.29) is 16.8 Å². The number of sulfone groups is 1. The van der Waals surface area contributed by atoms with Gasteiger partial charge in [0, 0.05) is 10.6 Å². The standard InChI is InChI=1S/C11H15NO3S2/c1-7-8(12)3-2-4-10(7)16-11-6-17(14,15)5-9(11)13/h2-4,9,11,13H,5-6,12H2,1H3. The molecule has 1 aliphatic heterocycles. The molecule has 94 valence electrons. The third kappa shape index (κ3) is 2.75. The minimum atomic E-state index is -3.09. The maximum atomic E-state index is 11.4. The fourth-order valence-electron chi connectivity index (χ4n) is 1.83. The van der Waals surface area contributed by atoms with Crippen molar-refractivity contribution in [1.29, 1.82) is 0 Å². The topological polar surface area (TPSA) is 80.4 Å². The Bertz CT molecular complexity index is 528. The molecule has 0 spiro atoms. The first kappa shape index (κ1) is 12.7. The summed E-state index contributed by atoms with van der Waals surface area (Å²) >= 11 is 1.39. The zero-order chi connectivity index (χ0) is 12.6. The Morgan fingerprint density at radius 3 is 2.71 bits per heavy atom. The molecule has 0 amide bonds. The first-order valence-electron chi connectivity index (χ1n) is 5.29. The average molecular weight is 273 g/mol. The molecule has 4 nitrogen and oxygen atoms in total. The van der Waals surface area contributed by atoms with Crippen LogP contribution in [0.2, 0.25) is 0 Å². The van der Waals surface area contributed by atoms with Gasteiger partial charge in [0.1, 0.15) is 0 Å². The third-order valence-electron chi connectivity index (χ3n) is 2.88. The molecule has 0 bridgehead atoms. The summed E-state index contributed by atoms with van der Waals surface area (Å²) in [5, 5.41) is 9.42. The summed E-state index contributed by atoms with van der Waals surface area (Å²) in [6.07, 6.45) is -0.786. The second-order valence-corrected chi connectivity index (χ2v) is 7.71. The van der Waals surface area contributed by atoms with Gasteiger partial charge in [0.25, 0.3) is 0 Å². The van der Waals surface area contributed by atoms with Crippen LogP contribution in [0.1, 0.15) is 5.56 Å². The van der Waals surface area contributed by atoms with Crippen LogP contribution in [0.4, 0.5) is 5.69 Å². The van der Waals surface area contributed by atoms with Crippen LogP contribution in [0.25, 0.3) is 0 Å².